The molecule has 2 rings (SSSR count). The number of aliphatic carboxylic acids is 1. The fraction of sp³-hybridized carbons (Fsp3) is 0.800. The molecule has 10 heteroatoms. The fourth-order valence-corrected chi connectivity index (χ4v) is 3.81. The molecule has 2 fully saturated rings. The van der Waals surface area contributed by atoms with Gasteiger partial charge in [-0.2, -0.15) is 11.8 Å². The third-order valence-corrected chi connectivity index (χ3v) is 4.58. The van der Waals surface area contributed by atoms with Crippen LogP contribution in [0.15, 0.2) is 0 Å². The minimum atomic E-state index is -2.62. The minimum Gasteiger partial charge on any atom is -0.481 e. The largest absolute Gasteiger partial charge is 0.481 e. The quantitative estimate of drug-likeness (QED) is 0.237. The number of urea groups is 1. The molecular weight excluding hydrogens is 307 g/mol. The van der Waals surface area contributed by atoms with E-state index in [0.29, 0.717) is 5.25 Å². The third kappa shape index (κ3) is 6.23. The summed E-state index contributed by atoms with van der Waals surface area (Å²) in [5.74, 6) is 0.236. The standard InChI is InChI=1S/C10H16N2O3S.H3O3P/c13-8(14)4-2-1-3-7-9-6(5-16-7)11-10(15)12-9;1-4(2)3/h6-7,9H,1-5H2,(H,13,14)(H2,11,12,15);1-3H/t6-,7-,9-;/m0./s1. The Hall–Kier alpha value is -0.600. The summed E-state index contributed by atoms with van der Waals surface area (Å²) in [6, 6.07) is 0.440. The lowest BCUT2D eigenvalue weighted by atomic mass is 10.0. The van der Waals surface area contributed by atoms with Crippen LogP contribution in [0.2, 0.25) is 0 Å². The zero-order valence-electron chi connectivity index (χ0n) is 10.7. The van der Waals surface area contributed by atoms with Gasteiger partial charge in [0.25, 0.3) is 0 Å². The molecule has 20 heavy (non-hydrogen) atoms. The number of thioether (sulfide) groups is 1. The zero-order chi connectivity index (χ0) is 15.1. The van der Waals surface area contributed by atoms with Gasteiger partial charge in [-0.1, -0.05) is 6.42 Å². The van der Waals surface area contributed by atoms with Crippen LogP contribution in [-0.2, 0) is 4.79 Å². The molecule has 0 aliphatic carbocycles. The average Bonchev–Trinajstić information content (AvgIpc) is 2.83. The number of carboxylic acid groups (broad SMARTS) is 1. The number of unbranched alkanes of at least 4 members (excludes halogenated alkanes) is 1. The first-order valence-electron chi connectivity index (χ1n) is 6.17. The fourth-order valence-electron chi connectivity index (χ4n) is 2.26. The summed E-state index contributed by atoms with van der Waals surface area (Å²) in [6.07, 6.45) is 2.88. The van der Waals surface area contributed by atoms with Crippen LogP contribution in [-0.4, -0.2) is 54.9 Å². The highest BCUT2D eigenvalue weighted by Crippen LogP contribution is 2.33. The summed E-state index contributed by atoms with van der Waals surface area (Å²) in [5.41, 5.74) is 0. The van der Waals surface area contributed by atoms with Gasteiger partial charge in [0.05, 0.1) is 12.1 Å². The first-order chi connectivity index (χ1) is 9.40. The van der Waals surface area contributed by atoms with Crippen molar-refractivity contribution in [1.29, 1.82) is 0 Å². The van der Waals surface area contributed by atoms with Crippen LogP contribution in [0, 0.1) is 0 Å². The Morgan fingerprint density at radius 3 is 2.55 bits per heavy atom. The molecule has 0 radical (unpaired) electrons. The van der Waals surface area contributed by atoms with Gasteiger partial charge in [-0.05, 0) is 12.8 Å². The van der Waals surface area contributed by atoms with Crippen LogP contribution in [0.1, 0.15) is 25.7 Å². The van der Waals surface area contributed by atoms with Crippen molar-refractivity contribution in [3.05, 3.63) is 0 Å². The zero-order valence-corrected chi connectivity index (χ0v) is 12.4. The Balaban J connectivity index is 0.000000444. The van der Waals surface area contributed by atoms with E-state index in [1.165, 1.54) is 0 Å². The number of amides is 2. The lowest BCUT2D eigenvalue weighted by Crippen LogP contribution is -2.36. The van der Waals surface area contributed by atoms with Gasteiger partial charge in [0.1, 0.15) is 0 Å². The SMILES string of the molecule is O=C(O)CCCC[C@@H]1SC[C@@H]2NC(=O)N[C@@H]21.OP(O)O. The second-order valence-corrected chi connectivity index (χ2v) is 6.34. The molecule has 0 spiro atoms. The molecule has 0 saturated carbocycles. The Labute approximate surface area is 122 Å². The van der Waals surface area contributed by atoms with Crippen molar-refractivity contribution in [3.8, 4) is 0 Å². The van der Waals surface area contributed by atoms with E-state index in [1.807, 2.05) is 11.8 Å². The van der Waals surface area contributed by atoms with Crippen molar-refractivity contribution in [3.63, 3.8) is 0 Å². The molecule has 0 aromatic heterocycles. The molecule has 0 unspecified atom stereocenters. The number of hydrogen-bond donors (Lipinski definition) is 6. The van der Waals surface area contributed by atoms with Crippen LogP contribution in [0.3, 0.4) is 0 Å². The molecule has 3 atom stereocenters. The van der Waals surface area contributed by atoms with Gasteiger partial charge in [-0.3, -0.25) is 4.79 Å². The molecule has 8 nitrogen and oxygen atoms in total. The Morgan fingerprint density at radius 2 is 1.95 bits per heavy atom. The van der Waals surface area contributed by atoms with Crippen LogP contribution in [0.5, 0.6) is 0 Å². The maximum Gasteiger partial charge on any atom is 0.324 e. The highest BCUT2D eigenvalue weighted by Gasteiger charge is 2.42. The lowest BCUT2D eigenvalue weighted by molar-refractivity contribution is -0.137. The highest BCUT2D eigenvalue weighted by atomic mass is 32.2. The van der Waals surface area contributed by atoms with Gasteiger partial charge in [0, 0.05) is 17.4 Å². The van der Waals surface area contributed by atoms with Gasteiger partial charge < -0.3 is 30.4 Å². The van der Waals surface area contributed by atoms with E-state index in [4.69, 9.17) is 19.8 Å². The summed E-state index contributed by atoms with van der Waals surface area (Å²) in [5, 5.41) is 14.8. The summed E-state index contributed by atoms with van der Waals surface area (Å²) in [7, 11) is -2.62. The van der Waals surface area contributed by atoms with Crippen molar-refractivity contribution >= 4 is 32.4 Å². The topological polar surface area (TPSA) is 139 Å². The second-order valence-electron chi connectivity index (χ2n) is 4.53. The molecule has 0 aromatic carbocycles. The molecule has 6 N–H and O–H groups in total. The van der Waals surface area contributed by atoms with Crippen molar-refractivity contribution in [1.82, 2.24) is 10.6 Å². The van der Waals surface area contributed by atoms with Crippen molar-refractivity contribution < 1.29 is 29.4 Å². The predicted molar refractivity (Wildman–Crippen MR) is 75.2 cm³/mol. The smallest absolute Gasteiger partial charge is 0.324 e. The lowest BCUT2D eigenvalue weighted by Gasteiger charge is -2.16. The number of carboxylic acids is 1. The van der Waals surface area contributed by atoms with E-state index >= 15 is 0 Å². The van der Waals surface area contributed by atoms with Crippen LogP contribution >= 0.6 is 20.4 Å². The maximum atomic E-state index is 11.1. The first kappa shape index (κ1) is 17.5. The summed E-state index contributed by atoms with van der Waals surface area (Å²) < 4.78 is 0. The highest BCUT2D eigenvalue weighted by molar-refractivity contribution is 8.00. The van der Waals surface area contributed by atoms with E-state index in [0.717, 1.165) is 25.0 Å². The number of carbonyl (C=O) groups excluding carboxylic acids is 1. The number of carbonyl (C=O) groups is 2. The summed E-state index contributed by atoms with van der Waals surface area (Å²) >= 11 is 1.87. The average molecular weight is 326 g/mol. The molecule has 2 saturated heterocycles. The Bertz CT molecular complexity index is 343. The van der Waals surface area contributed by atoms with Gasteiger partial charge in [-0.15, -0.1) is 0 Å². The third-order valence-electron chi connectivity index (χ3n) is 3.07. The number of fused-ring (bicyclic) bond motifs is 1. The summed E-state index contributed by atoms with van der Waals surface area (Å²) in [4.78, 5) is 43.2. The molecule has 116 valence electrons. The molecule has 2 heterocycles. The van der Waals surface area contributed by atoms with Crippen molar-refractivity contribution in [2.24, 2.45) is 0 Å². The van der Waals surface area contributed by atoms with E-state index in [-0.39, 0.29) is 24.5 Å². The summed E-state index contributed by atoms with van der Waals surface area (Å²) in [6.45, 7) is 0. The van der Waals surface area contributed by atoms with Crippen LogP contribution < -0.4 is 10.6 Å². The molecule has 0 bridgehead atoms. The predicted octanol–water partition coefficient (Wildman–Crippen LogP) is -0.0130. The van der Waals surface area contributed by atoms with Gasteiger partial charge in [0.2, 0.25) is 0 Å². The molecular formula is C10H19N2O6PS. The van der Waals surface area contributed by atoms with Gasteiger partial charge >= 0.3 is 20.6 Å². The number of nitrogens with one attached hydrogen (secondary N) is 2. The first-order valence-corrected chi connectivity index (χ1v) is 8.42. The van der Waals surface area contributed by atoms with Crippen LogP contribution in [0.4, 0.5) is 4.79 Å². The van der Waals surface area contributed by atoms with E-state index in [1.54, 1.807) is 0 Å². The van der Waals surface area contributed by atoms with Crippen molar-refractivity contribution in [2.45, 2.75) is 43.0 Å². The molecule has 0 aromatic rings. The minimum absolute atomic E-state index is 0.0640. The van der Waals surface area contributed by atoms with Crippen molar-refractivity contribution in [2.75, 3.05) is 5.75 Å². The number of rotatable bonds is 5. The van der Waals surface area contributed by atoms with E-state index in [2.05, 4.69) is 10.6 Å². The van der Waals surface area contributed by atoms with Crippen LogP contribution in [0.25, 0.3) is 0 Å². The Morgan fingerprint density at radius 1 is 1.30 bits per heavy atom. The van der Waals surface area contributed by atoms with E-state index in [9.17, 15) is 9.59 Å². The van der Waals surface area contributed by atoms with Gasteiger partial charge in [-0.25, -0.2) is 4.79 Å². The normalized spacial score (nSPS) is 27.4. The number of hydrogen-bond acceptors (Lipinski definition) is 6. The Kier molecular flexibility index (Phi) is 7.53. The molecule has 2 aliphatic heterocycles. The maximum absolute atomic E-state index is 11.1. The second kappa shape index (κ2) is 8.63. The molecule has 2 amide bonds. The monoisotopic (exact) mass is 326 g/mol. The molecule has 2 aliphatic rings. The van der Waals surface area contributed by atoms with Gasteiger partial charge in [0.15, 0.2) is 0 Å². The van der Waals surface area contributed by atoms with E-state index < -0.39 is 14.6 Å².